The number of carbonyl (C=O) groups is 1. The number of hydrogen-bond acceptors (Lipinski definition) is 3. The standard InChI is InChI=1S/C30H50O3/c1-21(2)12-9-13-22(3)14-10-15-23(4)16-11-18-30(8)19-17-27-20-28(32-26(7)31)24(5)25(6)29(27)33-30/h20-23H,9-19H2,1-8H3/t22-,23+,30-/m0/s1. The van der Waals surface area contributed by atoms with Gasteiger partial charge >= 0.3 is 5.97 Å². The summed E-state index contributed by atoms with van der Waals surface area (Å²) in [5.41, 5.74) is 3.17. The molecule has 1 aliphatic rings. The first-order valence-corrected chi connectivity index (χ1v) is 13.5. The van der Waals surface area contributed by atoms with E-state index in [-0.39, 0.29) is 11.6 Å². The van der Waals surface area contributed by atoms with Gasteiger partial charge in [0.25, 0.3) is 0 Å². The lowest BCUT2D eigenvalue weighted by Crippen LogP contribution is -2.36. The van der Waals surface area contributed by atoms with Crippen molar-refractivity contribution in [2.75, 3.05) is 0 Å². The molecule has 0 radical (unpaired) electrons. The summed E-state index contributed by atoms with van der Waals surface area (Å²) in [6, 6.07) is 2.00. The van der Waals surface area contributed by atoms with Gasteiger partial charge in [-0.1, -0.05) is 72.6 Å². The number of benzene rings is 1. The molecular formula is C30H50O3. The van der Waals surface area contributed by atoms with E-state index in [0.29, 0.717) is 5.75 Å². The topological polar surface area (TPSA) is 35.5 Å². The van der Waals surface area contributed by atoms with Crippen LogP contribution in [0.15, 0.2) is 6.07 Å². The molecule has 0 saturated heterocycles. The predicted octanol–water partition coefficient (Wildman–Crippen LogP) is 8.75. The van der Waals surface area contributed by atoms with Crippen LogP contribution in [0.5, 0.6) is 11.5 Å². The molecule has 1 aromatic rings. The second-order valence-electron chi connectivity index (χ2n) is 11.6. The van der Waals surface area contributed by atoms with Gasteiger partial charge in [-0.3, -0.25) is 4.79 Å². The van der Waals surface area contributed by atoms with Crippen molar-refractivity contribution in [1.29, 1.82) is 0 Å². The highest BCUT2D eigenvalue weighted by Gasteiger charge is 2.33. The molecule has 0 saturated carbocycles. The van der Waals surface area contributed by atoms with Crippen molar-refractivity contribution >= 4 is 5.97 Å². The fourth-order valence-corrected chi connectivity index (χ4v) is 5.19. The van der Waals surface area contributed by atoms with Crippen molar-refractivity contribution in [3.63, 3.8) is 0 Å². The molecule has 3 nitrogen and oxygen atoms in total. The lowest BCUT2D eigenvalue weighted by Gasteiger charge is -2.37. The normalized spacial score (nSPS) is 19.7. The first kappa shape index (κ1) is 27.7. The first-order valence-electron chi connectivity index (χ1n) is 13.5. The minimum Gasteiger partial charge on any atom is -0.487 e. The maximum absolute atomic E-state index is 11.4. The van der Waals surface area contributed by atoms with E-state index in [2.05, 4.69) is 41.5 Å². The molecule has 33 heavy (non-hydrogen) atoms. The third-order valence-corrected chi connectivity index (χ3v) is 7.67. The van der Waals surface area contributed by atoms with Crippen LogP contribution < -0.4 is 9.47 Å². The van der Waals surface area contributed by atoms with Crippen molar-refractivity contribution in [3.8, 4) is 11.5 Å². The quantitative estimate of drug-likeness (QED) is 0.219. The second-order valence-corrected chi connectivity index (χ2v) is 11.6. The fraction of sp³-hybridized carbons (Fsp3) is 0.767. The largest absolute Gasteiger partial charge is 0.487 e. The van der Waals surface area contributed by atoms with E-state index in [1.165, 1.54) is 63.9 Å². The van der Waals surface area contributed by atoms with Crippen LogP contribution in [0.3, 0.4) is 0 Å². The molecule has 0 unspecified atom stereocenters. The molecule has 1 aromatic carbocycles. The fourth-order valence-electron chi connectivity index (χ4n) is 5.19. The molecule has 2 rings (SSSR count). The third kappa shape index (κ3) is 8.98. The number of fused-ring (bicyclic) bond motifs is 1. The molecular weight excluding hydrogens is 408 g/mol. The minimum atomic E-state index is -0.270. The highest BCUT2D eigenvalue weighted by molar-refractivity contribution is 5.70. The maximum atomic E-state index is 11.4. The Hall–Kier alpha value is -1.51. The third-order valence-electron chi connectivity index (χ3n) is 7.67. The summed E-state index contributed by atoms with van der Waals surface area (Å²) in [7, 11) is 0. The zero-order valence-corrected chi connectivity index (χ0v) is 22.8. The lowest BCUT2D eigenvalue weighted by molar-refractivity contribution is -0.131. The van der Waals surface area contributed by atoms with Gasteiger partial charge in [0.15, 0.2) is 0 Å². The summed E-state index contributed by atoms with van der Waals surface area (Å²) in [5, 5.41) is 0. The van der Waals surface area contributed by atoms with Crippen LogP contribution in [0.4, 0.5) is 0 Å². The molecule has 0 amide bonds. The van der Waals surface area contributed by atoms with E-state index in [4.69, 9.17) is 9.47 Å². The molecule has 188 valence electrons. The van der Waals surface area contributed by atoms with Gasteiger partial charge in [-0.25, -0.2) is 0 Å². The Bertz CT molecular complexity index is 766. The van der Waals surface area contributed by atoms with Crippen molar-refractivity contribution < 1.29 is 14.3 Å². The van der Waals surface area contributed by atoms with Crippen LogP contribution in [0, 0.1) is 31.6 Å². The average Bonchev–Trinajstić information content (AvgIpc) is 2.72. The first-order chi connectivity index (χ1) is 15.5. The van der Waals surface area contributed by atoms with Gasteiger partial charge in [0.05, 0.1) is 0 Å². The van der Waals surface area contributed by atoms with Gasteiger partial charge in [-0.2, -0.15) is 0 Å². The minimum absolute atomic E-state index is 0.0994. The Morgan fingerprint density at radius 1 is 0.970 bits per heavy atom. The molecule has 1 heterocycles. The van der Waals surface area contributed by atoms with Crippen LogP contribution in [-0.4, -0.2) is 11.6 Å². The number of ether oxygens (including phenoxy) is 2. The van der Waals surface area contributed by atoms with Gasteiger partial charge in [0, 0.05) is 6.92 Å². The van der Waals surface area contributed by atoms with Crippen molar-refractivity contribution in [2.24, 2.45) is 17.8 Å². The Morgan fingerprint density at radius 2 is 1.55 bits per heavy atom. The summed E-state index contributed by atoms with van der Waals surface area (Å²) in [6.07, 6.45) is 13.9. The Morgan fingerprint density at radius 3 is 2.12 bits per heavy atom. The predicted molar refractivity (Wildman–Crippen MR) is 139 cm³/mol. The van der Waals surface area contributed by atoms with E-state index in [1.807, 2.05) is 13.0 Å². The molecule has 0 N–H and O–H groups in total. The SMILES string of the molecule is CC(=O)Oc1cc2c(c(C)c1C)O[C@@](C)(CCC[C@H](C)CCC[C@@H](C)CCCC(C)C)CC2. The summed E-state index contributed by atoms with van der Waals surface area (Å²) >= 11 is 0. The van der Waals surface area contributed by atoms with Crippen molar-refractivity contribution in [3.05, 3.63) is 22.8 Å². The molecule has 3 heteroatoms. The van der Waals surface area contributed by atoms with E-state index < -0.39 is 0 Å². The zero-order valence-electron chi connectivity index (χ0n) is 22.8. The van der Waals surface area contributed by atoms with Crippen molar-refractivity contribution in [1.82, 2.24) is 0 Å². The number of esters is 1. The van der Waals surface area contributed by atoms with Crippen LogP contribution in [0.25, 0.3) is 0 Å². The summed E-state index contributed by atoms with van der Waals surface area (Å²) < 4.78 is 12.0. The Balaban J connectivity index is 1.77. The summed E-state index contributed by atoms with van der Waals surface area (Å²) in [6.45, 7) is 17.3. The van der Waals surface area contributed by atoms with E-state index >= 15 is 0 Å². The molecule has 0 fully saturated rings. The molecule has 3 atom stereocenters. The van der Waals surface area contributed by atoms with Gasteiger partial charge in [0.2, 0.25) is 0 Å². The molecule has 0 aromatic heterocycles. The van der Waals surface area contributed by atoms with Gasteiger partial charge < -0.3 is 9.47 Å². The van der Waals surface area contributed by atoms with Crippen LogP contribution in [0.2, 0.25) is 0 Å². The zero-order chi connectivity index (χ0) is 24.6. The monoisotopic (exact) mass is 458 g/mol. The second kappa shape index (κ2) is 12.8. The van der Waals surface area contributed by atoms with Gasteiger partial charge in [-0.05, 0) is 87.0 Å². The van der Waals surface area contributed by atoms with Crippen molar-refractivity contribution in [2.45, 2.75) is 132 Å². The van der Waals surface area contributed by atoms with Gasteiger partial charge in [-0.15, -0.1) is 0 Å². The molecule has 0 bridgehead atoms. The van der Waals surface area contributed by atoms with Crippen LogP contribution in [-0.2, 0) is 11.2 Å². The number of aryl methyl sites for hydroxylation is 1. The van der Waals surface area contributed by atoms with E-state index in [0.717, 1.165) is 53.9 Å². The smallest absolute Gasteiger partial charge is 0.308 e. The van der Waals surface area contributed by atoms with Gasteiger partial charge in [0.1, 0.15) is 17.1 Å². The number of rotatable bonds is 13. The van der Waals surface area contributed by atoms with E-state index in [1.54, 1.807) is 0 Å². The highest BCUT2D eigenvalue weighted by Crippen LogP contribution is 2.42. The van der Waals surface area contributed by atoms with Crippen LogP contribution in [0.1, 0.15) is 122 Å². The maximum Gasteiger partial charge on any atom is 0.308 e. The van der Waals surface area contributed by atoms with Crippen LogP contribution >= 0.6 is 0 Å². The summed E-state index contributed by atoms with van der Waals surface area (Å²) in [4.78, 5) is 11.4. The Labute approximate surface area is 204 Å². The van der Waals surface area contributed by atoms with E-state index in [9.17, 15) is 4.79 Å². The molecule has 0 aliphatic carbocycles. The Kier molecular flexibility index (Phi) is 10.8. The molecule has 1 aliphatic heterocycles. The lowest BCUT2D eigenvalue weighted by atomic mass is 9.85. The number of carbonyl (C=O) groups excluding carboxylic acids is 1. The average molecular weight is 459 g/mol. The summed E-state index contributed by atoms with van der Waals surface area (Å²) in [5.74, 6) is 3.92. The number of hydrogen-bond donors (Lipinski definition) is 0. The highest BCUT2D eigenvalue weighted by atomic mass is 16.5. The molecule has 0 spiro atoms.